The molecule has 4 rings (SSSR count). The van der Waals surface area contributed by atoms with E-state index in [9.17, 15) is 0 Å². The van der Waals surface area contributed by atoms with Crippen LogP contribution in [0, 0.1) is 0 Å². The molecule has 88 valence electrons. The van der Waals surface area contributed by atoms with Gasteiger partial charge in [0.2, 0.25) is 0 Å². The average Bonchev–Trinajstić information content (AvgIpc) is 2.36. The molecule has 18 heavy (non-hydrogen) atoms. The molecule has 0 unspecified atom stereocenters. The Morgan fingerprint density at radius 1 is 0.833 bits per heavy atom. The quantitative estimate of drug-likeness (QED) is 0.626. The summed E-state index contributed by atoms with van der Waals surface area (Å²) in [4.78, 5) is 0. The first-order valence-electron chi connectivity index (χ1n) is 6.57. The van der Waals surface area contributed by atoms with Crippen molar-refractivity contribution in [2.24, 2.45) is 0 Å². The SMILES string of the molecule is c1ccc2c([C@H]3CCN3)c3ccccc3cc2c1. The van der Waals surface area contributed by atoms with Crippen LogP contribution in [0.2, 0.25) is 0 Å². The second-order valence-electron chi connectivity index (χ2n) is 5.03. The minimum absolute atomic E-state index is 0.529. The number of rotatable bonds is 1. The smallest absolute Gasteiger partial charge is 0.0344 e. The number of nitrogens with one attached hydrogen (secondary N) is 1. The fraction of sp³-hybridized carbons (Fsp3) is 0.176. The van der Waals surface area contributed by atoms with Crippen molar-refractivity contribution in [3.05, 3.63) is 60.2 Å². The Morgan fingerprint density at radius 2 is 1.39 bits per heavy atom. The van der Waals surface area contributed by atoms with Crippen molar-refractivity contribution >= 4 is 21.5 Å². The zero-order valence-corrected chi connectivity index (χ0v) is 10.2. The zero-order chi connectivity index (χ0) is 11.9. The second-order valence-corrected chi connectivity index (χ2v) is 5.03. The van der Waals surface area contributed by atoms with Gasteiger partial charge in [0, 0.05) is 6.04 Å². The Balaban J connectivity index is 2.17. The molecule has 0 radical (unpaired) electrons. The normalized spacial score (nSPS) is 19.0. The molecule has 0 spiro atoms. The first kappa shape index (κ1) is 10.1. The molecule has 0 saturated carbocycles. The summed E-state index contributed by atoms with van der Waals surface area (Å²) in [5, 5.41) is 9.03. The van der Waals surface area contributed by atoms with Crippen LogP contribution in [0.4, 0.5) is 0 Å². The van der Waals surface area contributed by atoms with E-state index >= 15 is 0 Å². The highest BCUT2D eigenvalue weighted by atomic mass is 15.0. The molecule has 3 aromatic carbocycles. The van der Waals surface area contributed by atoms with E-state index in [1.165, 1.54) is 33.5 Å². The summed E-state index contributed by atoms with van der Waals surface area (Å²) in [5.41, 5.74) is 1.48. The molecule has 0 aromatic heterocycles. The van der Waals surface area contributed by atoms with Crippen LogP contribution in [0.15, 0.2) is 54.6 Å². The van der Waals surface area contributed by atoms with Crippen LogP contribution in [-0.2, 0) is 0 Å². The van der Waals surface area contributed by atoms with Crippen molar-refractivity contribution in [1.82, 2.24) is 5.32 Å². The molecule has 1 aliphatic heterocycles. The number of hydrogen-bond acceptors (Lipinski definition) is 1. The van der Waals surface area contributed by atoms with E-state index in [4.69, 9.17) is 0 Å². The van der Waals surface area contributed by atoms with Crippen LogP contribution >= 0.6 is 0 Å². The molecule has 1 nitrogen and oxygen atoms in total. The first-order chi connectivity index (χ1) is 8.93. The average molecular weight is 233 g/mol. The van der Waals surface area contributed by atoms with Gasteiger partial charge in [-0.25, -0.2) is 0 Å². The van der Waals surface area contributed by atoms with Gasteiger partial charge in [0.25, 0.3) is 0 Å². The van der Waals surface area contributed by atoms with Crippen molar-refractivity contribution < 1.29 is 0 Å². The third kappa shape index (κ3) is 1.37. The van der Waals surface area contributed by atoms with Gasteiger partial charge in [-0.15, -0.1) is 0 Å². The minimum atomic E-state index is 0.529. The van der Waals surface area contributed by atoms with E-state index in [0.29, 0.717) is 6.04 Å². The molecule has 1 aliphatic rings. The van der Waals surface area contributed by atoms with Crippen molar-refractivity contribution in [1.29, 1.82) is 0 Å². The van der Waals surface area contributed by atoms with Crippen LogP contribution in [0.1, 0.15) is 18.0 Å². The maximum atomic E-state index is 3.55. The van der Waals surface area contributed by atoms with Crippen molar-refractivity contribution in [2.75, 3.05) is 6.54 Å². The maximum absolute atomic E-state index is 3.55. The van der Waals surface area contributed by atoms with Crippen LogP contribution in [0.3, 0.4) is 0 Å². The summed E-state index contributed by atoms with van der Waals surface area (Å²) in [6, 6.07) is 20.3. The minimum Gasteiger partial charge on any atom is -0.310 e. The molecule has 1 N–H and O–H groups in total. The van der Waals surface area contributed by atoms with Crippen molar-refractivity contribution in [3.8, 4) is 0 Å². The van der Waals surface area contributed by atoms with Crippen molar-refractivity contribution in [2.45, 2.75) is 12.5 Å². The maximum Gasteiger partial charge on any atom is 0.0344 e. The molecular formula is C17H15N. The lowest BCUT2D eigenvalue weighted by molar-refractivity contribution is 0.388. The standard InChI is InChI=1S/C17H15N/c1-3-7-14-12(5-1)11-13-6-2-4-8-15(13)17(14)16-9-10-18-16/h1-8,11,16,18H,9-10H2/t16-/m1/s1. The van der Waals surface area contributed by atoms with Crippen LogP contribution < -0.4 is 5.32 Å². The molecule has 0 aliphatic carbocycles. The second kappa shape index (κ2) is 3.82. The fourth-order valence-corrected chi connectivity index (χ4v) is 2.96. The predicted octanol–water partition coefficient (Wildman–Crippen LogP) is 4.03. The Hall–Kier alpha value is -1.86. The molecule has 3 aromatic rings. The Labute approximate surface area is 106 Å². The summed E-state index contributed by atoms with van der Waals surface area (Å²) in [6.45, 7) is 1.14. The van der Waals surface area contributed by atoms with E-state index < -0.39 is 0 Å². The summed E-state index contributed by atoms with van der Waals surface area (Å²) in [5.74, 6) is 0. The first-order valence-corrected chi connectivity index (χ1v) is 6.57. The van der Waals surface area contributed by atoms with Crippen molar-refractivity contribution in [3.63, 3.8) is 0 Å². The molecule has 1 saturated heterocycles. The number of fused-ring (bicyclic) bond motifs is 2. The summed E-state index contributed by atoms with van der Waals surface area (Å²) < 4.78 is 0. The Bertz CT molecular complexity index is 672. The number of hydrogen-bond donors (Lipinski definition) is 1. The van der Waals surface area contributed by atoms with Gasteiger partial charge in [0.05, 0.1) is 0 Å². The summed E-state index contributed by atoms with van der Waals surface area (Å²) in [6.07, 6.45) is 1.25. The zero-order valence-electron chi connectivity index (χ0n) is 10.2. The molecule has 1 fully saturated rings. The fourth-order valence-electron chi connectivity index (χ4n) is 2.96. The van der Waals surface area contributed by atoms with Crippen LogP contribution in [-0.4, -0.2) is 6.54 Å². The lowest BCUT2D eigenvalue weighted by atomic mass is 9.88. The van der Waals surface area contributed by atoms with Gasteiger partial charge in [0.1, 0.15) is 0 Å². The van der Waals surface area contributed by atoms with Gasteiger partial charge in [-0.1, -0.05) is 48.5 Å². The highest BCUT2D eigenvalue weighted by molar-refractivity contribution is 6.02. The third-order valence-electron chi connectivity index (χ3n) is 3.99. The molecule has 0 amide bonds. The van der Waals surface area contributed by atoms with Crippen LogP contribution in [0.5, 0.6) is 0 Å². The molecule has 1 heterocycles. The van der Waals surface area contributed by atoms with Gasteiger partial charge in [0.15, 0.2) is 0 Å². The third-order valence-corrected chi connectivity index (χ3v) is 3.99. The summed E-state index contributed by atoms with van der Waals surface area (Å²) in [7, 11) is 0. The van der Waals surface area contributed by atoms with E-state index in [1.807, 2.05) is 0 Å². The molecular weight excluding hydrogens is 218 g/mol. The van der Waals surface area contributed by atoms with E-state index in [0.717, 1.165) is 6.54 Å². The van der Waals surface area contributed by atoms with Gasteiger partial charge in [-0.3, -0.25) is 0 Å². The van der Waals surface area contributed by atoms with Crippen LogP contribution in [0.25, 0.3) is 21.5 Å². The predicted molar refractivity (Wildman–Crippen MR) is 76.8 cm³/mol. The van der Waals surface area contributed by atoms with Gasteiger partial charge in [-0.05, 0) is 46.1 Å². The van der Waals surface area contributed by atoms with E-state index in [2.05, 4.69) is 59.9 Å². The molecule has 0 bridgehead atoms. The monoisotopic (exact) mass is 233 g/mol. The highest BCUT2D eigenvalue weighted by Crippen LogP contribution is 2.36. The van der Waals surface area contributed by atoms with Gasteiger partial charge < -0.3 is 5.32 Å². The molecule has 1 atom stereocenters. The van der Waals surface area contributed by atoms with E-state index in [-0.39, 0.29) is 0 Å². The van der Waals surface area contributed by atoms with Gasteiger partial charge in [-0.2, -0.15) is 0 Å². The Morgan fingerprint density at radius 3 is 1.89 bits per heavy atom. The Kier molecular flexibility index (Phi) is 2.14. The van der Waals surface area contributed by atoms with Gasteiger partial charge >= 0.3 is 0 Å². The topological polar surface area (TPSA) is 12.0 Å². The largest absolute Gasteiger partial charge is 0.310 e. The lowest BCUT2D eigenvalue weighted by Gasteiger charge is -2.30. The molecule has 1 heteroatoms. The highest BCUT2D eigenvalue weighted by Gasteiger charge is 2.22. The summed E-state index contributed by atoms with van der Waals surface area (Å²) >= 11 is 0. The lowest BCUT2D eigenvalue weighted by Crippen LogP contribution is -2.35. The number of benzene rings is 3. The van der Waals surface area contributed by atoms with E-state index in [1.54, 1.807) is 0 Å².